The zero-order valence-electron chi connectivity index (χ0n) is 19.3. The fourth-order valence-corrected chi connectivity index (χ4v) is 4.56. The van der Waals surface area contributed by atoms with Crippen molar-refractivity contribution in [3.63, 3.8) is 0 Å². The lowest BCUT2D eigenvalue weighted by Gasteiger charge is -2.38. The lowest BCUT2D eigenvalue weighted by molar-refractivity contribution is -0.112. The number of carbonyl (C=O) groups is 2. The number of methoxy groups -OCH3 is 1. The van der Waals surface area contributed by atoms with Crippen molar-refractivity contribution in [2.75, 3.05) is 48.4 Å². The standard InChI is InChI=1S/C26H28ClN3O4/c1-17-7-8-18(27)15-23(17)30-13-11-29(12-14-30)19-9-10-22(21(16-19)26(32)33)28-25(31)20-5-3-4-6-24(20)34-2/h3,5,7-10,15-16H,4,6,11-14H2,1-2H3,(H,28,31)(H,32,33). The Kier molecular flexibility index (Phi) is 7.12. The van der Waals surface area contributed by atoms with Crippen LogP contribution in [0.4, 0.5) is 17.1 Å². The number of amides is 1. The summed E-state index contributed by atoms with van der Waals surface area (Å²) in [5.74, 6) is -0.875. The van der Waals surface area contributed by atoms with Crippen LogP contribution < -0.4 is 15.1 Å². The predicted octanol–water partition coefficient (Wildman–Crippen LogP) is 4.86. The van der Waals surface area contributed by atoms with Crippen LogP contribution in [-0.4, -0.2) is 50.3 Å². The van der Waals surface area contributed by atoms with Gasteiger partial charge in [-0.3, -0.25) is 4.79 Å². The number of nitrogens with zero attached hydrogens (tertiary/aromatic N) is 2. The van der Waals surface area contributed by atoms with Crippen molar-refractivity contribution in [3.05, 3.63) is 76.0 Å². The number of ether oxygens (including phenoxy) is 1. The van der Waals surface area contributed by atoms with Gasteiger partial charge in [0, 0.05) is 49.0 Å². The third-order valence-corrected chi connectivity index (χ3v) is 6.49. The molecule has 1 aliphatic heterocycles. The number of carbonyl (C=O) groups excluding carboxylic acids is 1. The number of aryl methyl sites for hydroxylation is 1. The summed E-state index contributed by atoms with van der Waals surface area (Å²) in [4.78, 5) is 29.3. The molecule has 1 heterocycles. The summed E-state index contributed by atoms with van der Waals surface area (Å²) < 4.78 is 5.33. The molecule has 0 radical (unpaired) electrons. The fraction of sp³-hybridized carbons (Fsp3) is 0.308. The van der Waals surface area contributed by atoms with E-state index >= 15 is 0 Å². The largest absolute Gasteiger partial charge is 0.500 e. The molecule has 0 bridgehead atoms. The van der Waals surface area contributed by atoms with E-state index in [1.807, 2.05) is 30.3 Å². The van der Waals surface area contributed by atoms with Crippen LogP contribution in [0.1, 0.15) is 28.8 Å². The topological polar surface area (TPSA) is 82.1 Å². The second kappa shape index (κ2) is 10.2. The van der Waals surface area contributed by atoms with Gasteiger partial charge in [-0.05, 0) is 49.2 Å². The van der Waals surface area contributed by atoms with Gasteiger partial charge in [-0.25, -0.2) is 4.79 Å². The smallest absolute Gasteiger partial charge is 0.337 e. The first kappa shape index (κ1) is 23.7. The van der Waals surface area contributed by atoms with E-state index in [1.54, 1.807) is 18.2 Å². The Morgan fingerprint density at radius 3 is 2.50 bits per heavy atom. The minimum atomic E-state index is -1.09. The molecule has 0 spiro atoms. The number of halogens is 1. The third-order valence-electron chi connectivity index (χ3n) is 6.25. The molecule has 1 aliphatic carbocycles. The maximum absolute atomic E-state index is 12.8. The molecule has 2 aromatic carbocycles. The lowest BCUT2D eigenvalue weighted by atomic mass is 10.0. The normalized spacial score (nSPS) is 16.0. The number of nitrogens with one attached hydrogen (secondary N) is 1. The Morgan fingerprint density at radius 2 is 1.79 bits per heavy atom. The van der Waals surface area contributed by atoms with Crippen LogP contribution in [0.15, 0.2) is 59.9 Å². The van der Waals surface area contributed by atoms with Gasteiger partial charge in [0.15, 0.2) is 0 Å². The maximum Gasteiger partial charge on any atom is 0.337 e. The Balaban J connectivity index is 1.49. The molecule has 1 amide bonds. The Hall–Kier alpha value is -3.45. The first-order chi connectivity index (χ1) is 16.4. The summed E-state index contributed by atoms with van der Waals surface area (Å²) in [7, 11) is 1.53. The number of benzene rings is 2. The van der Waals surface area contributed by atoms with Crippen LogP contribution in [0, 0.1) is 6.92 Å². The van der Waals surface area contributed by atoms with E-state index < -0.39 is 5.97 Å². The molecular formula is C26H28ClN3O4. The molecule has 8 heteroatoms. The maximum atomic E-state index is 12.8. The van der Waals surface area contributed by atoms with E-state index in [0.29, 0.717) is 22.8 Å². The average Bonchev–Trinajstić information content (AvgIpc) is 2.85. The van der Waals surface area contributed by atoms with Gasteiger partial charge in [-0.15, -0.1) is 0 Å². The van der Waals surface area contributed by atoms with E-state index in [9.17, 15) is 14.7 Å². The summed E-state index contributed by atoms with van der Waals surface area (Å²) in [5, 5.41) is 13.3. The van der Waals surface area contributed by atoms with Crippen molar-refractivity contribution in [2.24, 2.45) is 0 Å². The van der Waals surface area contributed by atoms with Crippen LogP contribution in [-0.2, 0) is 9.53 Å². The molecule has 2 aromatic rings. The minimum Gasteiger partial charge on any atom is -0.500 e. The quantitative estimate of drug-likeness (QED) is 0.613. The average molecular weight is 482 g/mol. The zero-order chi connectivity index (χ0) is 24.2. The molecule has 0 atom stereocenters. The number of allylic oxidation sites excluding steroid dienone is 2. The van der Waals surface area contributed by atoms with Crippen LogP contribution in [0.5, 0.6) is 0 Å². The highest BCUT2D eigenvalue weighted by Crippen LogP contribution is 2.29. The lowest BCUT2D eigenvalue weighted by Crippen LogP contribution is -2.46. The molecule has 0 aromatic heterocycles. The molecule has 0 saturated carbocycles. The number of anilines is 3. The van der Waals surface area contributed by atoms with Gasteiger partial charge in [0.05, 0.1) is 23.9 Å². The van der Waals surface area contributed by atoms with Crippen LogP contribution in [0.25, 0.3) is 0 Å². The molecule has 2 N–H and O–H groups in total. The summed E-state index contributed by atoms with van der Waals surface area (Å²) in [5.41, 5.74) is 3.84. The molecule has 178 valence electrons. The van der Waals surface area contributed by atoms with Gasteiger partial charge in [-0.2, -0.15) is 0 Å². The van der Waals surface area contributed by atoms with Gasteiger partial charge in [-0.1, -0.05) is 29.8 Å². The first-order valence-electron chi connectivity index (χ1n) is 11.3. The molecule has 34 heavy (non-hydrogen) atoms. The first-order valence-corrected chi connectivity index (χ1v) is 11.6. The summed E-state index contributed by atoms with van der Waals surface area (Å²) in [6.45, 7) is 5.14. The second-order valence-corrected chi connectivity index (χ2v) is 8.81. The van der Waals surface area contributed by atoms with E-state index in [1.165, 1.54) is 12.7 Å². The van der Waals surface area contributed by atoms with Crippen LogP contribution in [0.2, 0.25) is 5.02 Å². The molecular weight excluding hydrogens is 454 g/mol. The minimum absolute atomic E-state index is 0.0540. The number of rotatable bonds is 6. The summed E-state index contributed by atoms with van der Waals surface area (Å²) in [6.07, 6.45) is 5.07. The number of piperazine rings is 1. The molecule has 1 saturated heterocycles. The third kappa shape index (κ3) is 5.04. The molecule has 7 nitrogen and oxygen atoms in total. The second-order valence-electron chi connectivity index (χ2n) is 8.38. The van der Waals surface area contributed by atoms with E-state index in [-0.39, 0.29) is 17.2 Å². The molecule has 2 aliphatic rings. The van der Waals surface area contributed by atoms with Gasteiger partial charge in [0.25, 0.3) is 5.91 Å². The van der Waals surface area contributed by atoms with E-state index in [2.05, 4.69) is 22.0 Å². The number of hydrogen-bond acceptors (Lipinski definition) is 5. The van der Waals surface area contributed by atoms with Crippen LogP contribution >= 0.6 is 11.6 Å². The Bertz CT molecular complexity index is 1170. The summed E-state index contributed by atoms with van der Waals surface area (Å²) in [6, 6.07) is 11.0. The van der Waals surface area contributed by atoms with E-state index in [4.69, 9.17) is 16.3 Å². The molecule has 4 rings (SSSR count). The van der Waals surface area contributed by atoms with Crippen molar-refractivity contribution < 1.29 is 19.4 Å². The van der Waals surface area contributed by atoms with Gasteiger partial charge >= 0.3 is 5.97 Å². The van der Waals surface area contributed by atoms with Gasteiger partial charge < -0.3 is 25.0 Å². The molecule has 1 fully saturated rings. The SMILES string of the molecule is COC1=C(C(=O)Nc2ccc(N3CCN(c4cc(Cl)ccc4C)CC3)cc2C(=O)O)C=CCC1. The number of hydrogen-bond donors (Lipinski definition) is 2. The predicted molar refractivity (Wildman–Crippen MR) is 135 cm³/mol. The number of carboxylic acids is 1. The van der Waals surface area contributed by atoms with Crippen molar-refractivity contribution in [3.8, 4) is 0 Å². The highest BCUT2D eigenvalue weighted by Gasteiger charge is 2.23. The number of aromatic carboxylic acids is 1. The van der Waals surface area contributed by atoms with Crippen molar-refractivity contribution >= 4 is 40.5 Å². The monoisotopic (exact) mass is 481 g/mol. The Morgan fingerprint density at radius 1 is 1.06 bits per heavy atom. The highest BCUT2D eigenvalue weighted by atomic mass is 35.5. The van der Waals surface area contributed by atoms with Crippen LogP contribution in [0.3, 0.4) is 0 Å². The summed E-state index contributed by atoms with van der Waals surface area (Å²) >= 11 is 6.19. The van der Waals surface area contributed by atoms with Crippen molar-refractivity contribution in [2.45, 2.75) is 19.8 Å². The molecule has 0 unspecified atom stereocenters. The highest BCUT2D eigenvalue weighted by molar-refractivity contribution is 6.30. The Labute approximate surface area is 204 Å². The van der Waals surface area contributed by atoms with Crippen molar-refractivity contribution in [1.29, 1.82) is 0 Å². The fourth-order valence-electron chi connectivity index (χ4n) is 4.39. The van der Waals surface area contributed by atoms with Gasteiger partial charge in [0.1, 0.15) is 5.76 Å². The van der Waals surface area contributed by atoms with Crippen molar-refractivity contribution in [1.82, 2.24) is 0 Å². The zero-order valence-corrected chi connectivity index (χ0v) is 20.1. The van der Waals surface area contributed by atoms with E-state index in [0.717, 1.165) is 44.0 Å². The van der Waals surface area contributed by atoms with Gasteiger partial charge in [0.2, 0.25) is 0 Å². The number of carboxylic acid groups (broad SMARTS) is 1.